The molecular weight excluding hydrogens is 226 g/mol. The van der Waals surface area contributed by atoms with E-state index in [2.05, 4.69) is 0 Å². The topological polar surface area (TPSA) is 85.6 Å². The van der Waals surface area contributed by atoms with Gasteiger partial charge in [0.05, 0.1) is 18.8 Å². The predicted molar refractivity (Wildman–Crippen MR) is 55.4 cm³/mol. The van der Waals surface area contributed by atoms with Crippen LogP contribution in [0, 0.1) is 11.3 Å². The zero-order valence-corrected chi connectivity index (χ0v) is 9.58. The van der Waals surface area contributed by atoms with Gasteiger partial charge in [0.2, 0.25) is 0 Å². The van der Waals surface area contributed by atoms with Crippen molar-refractivity contribution >= 4 is 11.9 Å². The molecule has 6 nitrogen and oxygen atoms in total. The van der Waals surface area contributed by atoms with Crippen LogP contribution in [-0.4, -0.2) is 30.3 Å². The Labute approximate surface area is 98.7 Å². The first-order valence-electron chi connectivity index (χ1n) is 5.08. The minimum Gasteiger partial charge on any atom is -0.493 e. The number of rotatable bonds is 3. The van der Waals surface area contributed by atoms with E-state index in [1.807, 2.05) is 6.07 Å². The van der Waals surface area contributed by atoms with E-state index in [-0.39, 0.29) is 6.42 Å². The van der Waals surface area contributed by atoms with Gasteiger partial charge in [-0.25, -0.2) is 0 Å². The van der Waals surface area contributed by atoms with Crippen molar-refractivity contribution in [2.75, 3.05) is 0 Å². The zero-order chi connectivity index (χ0) is 12.8. The molecule has 0 fully saturated rings. The lowest BCUT2D eigenvalue weighted by Gasteiger charge is -2.32. The van der Waals surface area contributed by atoms with Crippen molar-refractivity contribution in [2.45, 2.75) is 38.6 Å². The van der Waals surface area contributed by atoms with E-state index in [9.17, 15) is 9.59 Å². The third-order valence-corrected chi connectivity index (χ3v) is 2.11. The number of carbonyl (C=O) groups excluding carboxylic acids is 2. The maximum absolute atomic E-state index is 11.0. The molecule has 0 aromatic rings. The van der Waals surface area contributed by atoms with Gasteiger partial charge in [-0.05, 0) is 6.08 Å². The molecular formula is C11H13NO5. The number of hydrogen-bond donors (Lipinski definition) is 0. The summed E-state index contributed by atoms with van der Waals surface area (Å²) in [6.07, 6.45) is 0.723. The van der Waals surface area contributed by atoms with Crippen LogP contribution in [0.25, 0.3) is 0 Å². The number of hydrogen-bond acceptors (Lipinski definition) is 6. The van der Waals surface area contributed by atoms with E-state index in [4.69, 9.17) is 19.5 Å². The summed E-state index contributed by atoms with van der Waals surface area (Å²) in [5.41, 5.74) is 0. The van der Waals surface area contributed by atoms with Crippen LogP contribution in [-0.2, 0) is 23.8 Å². The van der Waals surface area contributed by atoms with Crippen LogP contribution >= 0.6 is 0 Å². The van der Waals surface area contributed by atoms with Crippen molar-refractivity contribution in [1.29, 1.82) is 5.26 Å². The largest absolute Gasteiger partial charge is 0.493 e. The van der Waals surface area contributed by atoms with Crippen LogP contribution in [0.4, 0.5) is 0 Å². The first-order chi connectivity index (χ1) is 8.04. The number of ether oxygens (including phenoxy) is 3. The Hall–Kier alpha value is -2.03. The van der Waals surface area contributed by atoms with Crippen molar-refractivity contribution < 1.29 is 23.8 Å². The molecule has 0 aromatic carbocycles. The van der Waals surface area contributed by atoms with Crippen molar-refractivity contribution in [1.82, 2.24) is 0 Å². The highest BCUT2D eigenvalue weighted by Gasteiger charge is 2.36. The van der Waals surface area contributed by atoms with Crippen LogP contribution in [0.3, 0.4) is 0 Å². The predicted octanol–water partition coefficient (Wildman–Crippen LogP) is 0.676. The standard InChI is InChI=1S/C11H13NO5/c1-7(13)16-10-4-6-15-9(3-5-12)11(10)17-8(2)14/h4,6,9-11H,3H2,1-2H3. The highest BCUT2D eigenvalue weighted by molar-refractivity contribution is 5.67. The first kappa shape index (κ1) is 13.0. The van der Waals surface area contributed by atoms with Crippen LogP contribution in [0.1, 0.15) is 20.3 Å². The second-order valence-corrected chi connectivity index (χ2v) is 3.51. The fraction of sp³-hybridized carbons (Fsp3) is 0.545. The molecule has 0 N–H and O–H groups in total. The van der Waals surface area contributed by atoms with Gasteiger partial charge in [0.25, 0.3) is 0 Å². The molecule has 0 radical (unpaired) electrons. The zero-order valence-electron chi connectivity index (χ0n) is 9.58. The number of esters is 2. The van der Waals surface area contributed by atoms with Crippen molar-refractivity contribution in [3.8, 4) is 6.07 Å². The summed E-state index contributed by atoms with van der Waals surface area (Å²) in [7, 11) is 0. The molecule has 1 aliphatic rings. The van der Waals surface area contributed by atoms with E-state index >= 15 is 0 Å². The van der Waals surface area contributed by atoms with E-state index in [0.717, 1.165) is 0 Å². The monoisotopic (exact) mass is 239 g/mol. The summed E-state index contributed by atoms with van der Waals surface area (Å²) in [5, 5.41) is 8.64. The quantitative estimate of drug-likeness (QED) is 0.673. The molecule has 1 rings (SSSR count). The molecule has 3 atom stereocenters. The highest BCUT2D eigenvalue weighted by atomic mass is 16.6. The molecule has 6 heteroatoms. The van der Waals surface area contributed by atoms with Crippen molar-refractivity contribution in [3.63, 3.8) is 0 Å². The fourth-order valence-corrected chi connectivity index (χ4v) is 1.51. The Kier molecular flexibility index (Phi) is 4.52. The molecule has 0 bridgehead atoms. The Morgan fingerprint density at radius 2 is 2.00 bits per heavy atom. The Balaban J connectivity index is 2.81. The van der Waals surface area contributed by atoms with Gasteiger partial charge in [-0.2, -0.15) is 5.26 Å². The Bertz CT molecular complexity index is 371. The van der Waals surface area contributed by atoms with E-state index in [1.54, 1.807) is 0 Å². The minimum atomic E-state index is -0.791. The van der Waals surface area contributed by atoms with Crippen LogP contribution in [0.5, 0.6) is 0 Å². The van der Waals surface area contributed by atoms with Gasteiger partial charge in [-0.15, -0.1) is 0 Å². The van der Waals surface area contributed by atoms with Gasteiger partial charge < -0.3 is 14.2 Å². The molecule has 0 amide bonds. The summed E-state index contributed by atoms with van der Waals surface area (Å²) in [4.78, 5) is 21.9. The third-order valence-electron chi connectivity index (χ3n) is 2.11. The van der Waals surface area contributed by atoms with Gasteiger partial charge in [0, 0.05) is 13.8 Å². The molecule has 0 saturated carbocycles. The number of nitriles is 1. The summed E-state index contributed by atoms with van der Waals surface area (Å²) >= 11 is 0. The smallest absolute Gasteiger partial charge is 0.303 e. The van der Waals surface area contributed by atoms with Gasteiger partial charge in [-0.3, -0.25) is 9.59 Å². The number of nitrogens with zero attached hydrogens (tertiary/aromatic N) is 1. The van der Waals surface area contributed by atoms with E-state index in [0.29, 0.717) is 0 Å². The lowest BCUT2D eigenvalue weighted by molar-refractivity contribution is -0.173. The Morgan fingerprint density at radius 1 is 1.35 bits per heavy atom. The molecule has 1 heterocycles. The fourth-order valence-electron chi connectivity index (χ4n) is 1.51. The van der Waals surface area contributed by atoms with Crippen LogP contribution in [0.2, 0.25) is 0 Å². The average molecular weight is 239 g/mol. The second kappa shape index (κ2) is 5.89. The molecule has 92 valence electrons. The number of carbonyl (C=O) groups is 2. The van der Waals surface area contributed by atoms with Gasteiger partial charge in [0.1, 0.15) is 0 Å². The normalized spacial score (nSPS) is 26.5. The van der Waals surface area contributed by atoms with E-state index in [1.165, 1.54) is 26.2 Å². The molecule has 3 unspecified atom stereocenters. The molecule has 17 heavy (non-hydrogen) atoms. The maximum Gasteiger partial charge on any atom is 0.303 e. The van der Waals surface area contributed by atoms with Crippen molar-refractivity contribution in [3.05, 3.63) is 12.3 Å². The minimum absolute atomic E-state index is 0.0417. The maximum atomic E-state index is 11.0. The summed E-state index contributed by atoms with van der Waals surface area (Å²) in [6, 6.07) is 1.92. The van der Waals surface area contributed by atoms with Crippen LogP contribution < -0.4 is 0 Å². The summed E-state index contributed by atoms with van der Waals surface area (Å²) < 4.78 is 15.2. The van der Waals surface area contributed by atoms with Gasteiger partial charge >= 0.3 is 11.9 Å². The highest BCUT2D eigenvalue weighted by Crippen LogP contribution is 2.21. The lowest BCUT2D eigenvalue weighted by atomic mass is 10.0. The van der Waals surface area contributed by atoms with Crippen LogP contribution in [0.15, 0.2) is 12.3 Å². The second-order valence-electron chi connectivity index (χ2n) is 3.51. The molecule has 0 aliphatic carbocycles. The van der Waals surface area contributed by atoms with Crippen molar-refractivity contribution in [2.24, 2.45) is 0 Å². The third kappa shape index (κ3) is 3.79. The summed E-state index contributed by atoms with van der Waals surface area (Å²) in [5.74, 6) is -1.01. The average Bonchev–Trinajstić information content (AvgIpc) is 2.21. The van der Waals surface area contributed by atoms with Gasteiger partial charge in [0.15, 0.2) is 18.3 Å². The SMILES string of the molecule is CC(=O)OC1C=COC(CC#N)C1OC(C)=O. The first-order valence-corrected chi connectivity index (χ1v) is 5.08. The molecule has 0 saturated heterocycles. The molecule has 0 spiro atoms. The molecule has 1 aliphatic heterocycles. The van der Waals surface area contributed by atoms with E-state index < -0.39 is 30.3 Å². The van der Waals surface area contributed by atoms with Gasteiger partial charge in [-0.1, -0.05) is 0 Å². The Morgan fingerprint density at radius 3 is 2.53 bits per heavy atom. The lowest BCUT2D eigenvalue weighted by Crippen LogP contribution is -2.45. The summed E-state index contributed by atoms with van der Waals surface area (Å²) in [6.45, 7) is 2.50. The molecule has 0 aromatic heterocycles.